The number of hydrogen-bond acceptors (Lipinski definition) is 4. The van der Waals surface area contributed by atoms with Gasteiger partial charge in [-0.2, -0.15) is 5.26 Å². The molecule has 0 aromatic rings. The van der Waals surface area contributed by atoms with Crippen LogP contribution in [0.15, 0.2) is 0 Å². The molecule has 0 amide bonds. The third kappa shape index (κ3) is 1.55. The van der Waals surface area contributed by atoms with Crippen molar-refractivity contribution in [3.05, 3.63) is 0 Å². The number of hydrogen-bond donors (Lipinski definition) is 0. The Morgan fingerprint density at radius 3 is 2.85 bits per heavy atom. The van der Waals surface area contributed by atoms with Gasteiger partial charge in [-0.05, 0) is 13.3 Å². The second-order valence-electron chi connectivity index (χ2n) is 3.18. The molecule has 0 N–H and O–H groups in total. The molecule has 1 rings (SSSR count). The maximum Gasteiger partial charge on any atom is 0.319 e. The summed E-state index contributed by atoms with van der Waals surface area (Å²) in [6, 6.07) is 1.93. The van der Waals surface area contributed by atoms with Crippen LogP contribution in [0.2, 0.25) is 0 Å². The van der Waals surface area contributed by atoms with E-state index in [2.05, 4.69) is 0 Å². The summed E-state index contributed by atoms with van der Waals surface area (Å²) in [7, 11) is 0. The van der Waals surface area contributed by atoms with Gasteiger partial charge < -0.3 is 4.74 Å². The third-order valence-corrected chi connectivity index (χ3v) is 2.49. The average molecular weight is 181 g/mol. The van der Waals surface area contributed by atoms with Crippen LogP contribution >= 0.6 is 0 Å². The lowest BCUT2D eigenvalue weighted by molar-refractivity contribution is -0.151. The fourth-order valence-electron chi connectivity index (χ4n) is 1.55. The Labute approximate surface area is 76.5 Å². The number of ketones is 1. The van der Waals surface area contributed by atoms with Crippen LogP contribution < -0.4 is 0 Å². The Morgan fingerprint density at radius 2 is 2.46 bits per heavy atom. The number of carbonyl (C=O) groups excluding carboxylic acids is 2. The lowest BCUT2D eigenvalue weighted by Crippen LogP contribution is -2.33. The molecule has 1 aliphatic heterocycles. The Morgan fingerprint density at radius 1 is 1.77 bits per heavy atom. The van der Waals surface area contributed by atoms with E-state index in [4.69, 9.17) is 10.00 Å². The van der Waals surface area contributed by atoms with Gasteiger partial charge in [0.15, 0.2) is 0 Å². The molecular formula is C9H11NO3. The molecule has 1 unspecified atom stereocenters. The fourth-order valence-corrected chi connectivity index (χ4v) is 1.55. The predicted octanol–water partition coefficient (Wildman–Crippen LogP) is 0.812. The second kappa shape index (κ2) is 3.56. The highest BCUT2D eigenvalue weighted by Crippen LogP contribution is 2.35. The summed E-state index contributed by atoms with van der Waals surface area (Å²) in [5, 5.41) is 8.40. The Kier molecular flexibility index (Phi) is 2.66. The highest BCUT2D eigenvalue weighted by Gasteiger charge is 2.48. The second-order valence-corrected chi connectivity index (χ2v) is 3.18. The Hall–Kier alpha value is -1.37. The number of esters is 1. The molecule has 70 valence electrons. The van der Waals surface area contributed by atoms with E-state index in [1.807, 2.05) is 6.07 Å². The number of nitrogens with zero attached hydrogens (tertiary/aromatic N) is 1. The zero-order valence-electron chi connectivity index (χ0n) is 7.50. The summed E-state index contributed by atoms with van der Waals surface area (Å²) < 4.78 is 4.76. The summed E-state index contributed by atoms with van der Waals surface area (Å²) in [5.74, 6) is -0.652. The largest absolute Gasteiger partial charge is 0.465 e. The summed E-state index contributed by atoms with van der Waals surface area (Å²) in [4.78, 5) is 22.6. The zero-order chi connectivity index (χ0) is 9.90. The number of ether oxygens (including phenoxy) is 1. The molecule has 1 atom stereocenters. The predicted molar refractivity (Wildman–Crippen MR) is 43.5 cm³/mol. The molecule has 1 saturated heterocycles. The van der Waals surface area contributed by atoms with Gasteiger partial charge in [0.05, 0.1) is 12.7 Å². The SMILES string of the molecule is CC(=O)C1(CCC#N)CCOC1=O. The van der Waals surface area contributed by atoms with Gasteiger partial charge >= 0.3 is 5.97 Å². The first-order valence-corrected chi connectivity index (χ1v) is 4.19. The van der Waals surface area contributed by atoms with Crippen molar-refractivity contribution in [2.24, 2.45) is 5.41 Å². The molecule has 1 fully saturated rings. The molecule has 13 heavy (non-hydrogen) atoms. The summed E-state index contributed by atoms with van der Waals surface area (Å²) in [6.45, 7) is 1.67. The normalized spacial score (nSPS) is 26.6. The number of nitriles is 1. The maximum atomic E-state index is 11.3. The minimum Gasteiger partial charge on any atom is -0.465 e. The zero-order valence-corrected chi connectivity index (χ0v) is 7.50. The molecular weight excluding hydrogens is 170 g/mol. The summed E-state index contributed by atoms with van der Waals surface area (Å²) in [5.41, 5.74) is -1.02. The molecule has 1 aliphatic rings. The van der Waals surface area contributed by atoms with Crippen LogP contribution in [-0.2, 0) is 14.3 Å². The average Bonchev–Trinajstić information content (AvgIpc) is 2.45. The van der Waals surface area contributed by atoms with Crippen LogP contribution in [0.25, 0.3) is 0 Å². The number of Topliss-reactive ketones (excluding diaryl/α,β-unsaturated/α-hetero) is 1. The number of carbonyl (C=O) groups is 2. The van der Waals surface area contributed by atoms with Gasteiger partial charge in [0, 0.05) is 12.8 Å². The molecule has 0 bridgehead atoms. The molecule has 0 aromatic heterocycles. The first kappa shape index (κ1) is 9.72. The van der Waals surface area contributed by atoms with Crippen LogP contribution in [-0.4, -0.2) is 18.4 Å². The monoisotopic (exact) mass is 181 g/mol. The Bertz CT molecular complexity index is 279. The third-order valence-electron chi connectivity index (χ3n) is 2.49. The number of cyclic esters (lactones) is 1. The van der Waals surface area contributed by atoms with Crippen LogP contribution in [0.1, 0.15) is 26.2 Å². The van der Waals surface area contributed by atoms with E-state index in [0.29, 0.717) is 13.0 Å². The van der Waals surface area contributed by atoms with Gasteiger partial charge in [0.2, 0.25) is 0 Å². The quantitative estimate of drug-likeness (QED) is 0.477. The topological polar surface area (TPSA) is 67.2 Å². The minimum atomic E-state index is -1.02. The lowest BCUT2D eigenvalue weighted by Gasteiger charge is -2.18. The van der Waals surface area contributed by atoms with E-state index < -0.39 is 11.4 Å². The molecule has 4 heteroatoms. The van der Waals surface area contributed by atoms with Crippen molar-refractivity contribution in [2.75, 3.05) is 6.61 Å². The maximum absolute atomic E-state index is 11.3. The van der Waals surface area contributed by atoms with Gasteiger partial charge in [-0.1, -0.05) is 0 Å². The molecule has 4 nitrogen and oxygen atoms in total. The van der Waals surface area contributed by atoms with E-state index in [9.17, 15) is 9.59 Å². The van der Waals surface area contributed by atoms with Gasteiger partial charge in [-0.3, -0.25) is 9.59 Å². The first-order chi connectivity index (χ1) is 6.13. The molecule has 1 heterocycles. The van der Waals surface area contributed by atoms with Crippen molar-refractivity contribution in [1.82, 2.24) is 0 Å². The summed E-state index contributed by atoms with van der Waals surface area (Å²) in [6.07, 6.45) is 0.926. The van der Waals surface area contributed by atoms with Crippen molar-refractivity contribution in [2.45, 2.75) is 26.2 Å². The van der Waals surface area contributed by atoms with Crippen LogP contribution in [0.3, 0.4) is 0 Å². The fraction of sp³-hybridized carbons (Fsp3) is 0.667. The van der Waals surface area contributed by atoms with Crippen LogP contribution in [0.5, 0.6) is 0 Å². The van der Waals surface area contributed by atoms with Crippen molar-refractivity contribution < 1.29 is 14.3 Å². The molecule has 0 aromatic carbocycles. The van der Waals surface area contributed by atoms with Crippen molar-refractivity contribution in [1.29, 1.82) is 5.26 Å². The van der Waals surface area contributed by atoms with Crippen molar-refractivity contribution >= 4 is 11.8 Å². The molecule has 0 spiro atoms. The molecule has 0 saturated carbocycles. The standard InChI is InChI=1S/C9H11NO3/c1-7(11)9(3-2-5-10)4-6-13-8(9)12/h2-4,6H2,1H3. The van der Waals surface area contributed by atoms with Crippen LogP contribution in [0.4, 0.5) is 0 Å². The van der Waals surface area contributed by atoms with Crippen molar-refractivity contribution in [3.63, 3.8) is 0 Å². The van der Waals surface area contributed by atoms with E-state index in [1.54, 1.807) is 0 Å². The first-order valence-electron chi connectivity index (χ1n) is 4.19. The van der Waals surface area contributed by atoms with Crippen molar-refractivity contribution in [3.8, 4) is 6.07 Å². The highest BCUT2D eigenvalue weighted by molar-refractivity contribution is 6.03. The van der Waals surface area contributed by atoms with Gasteiger partial charge in [-0.25, -0.2) is 0 Å². The molecule has 0 radical (unpaired) electrons. The summed E-state index contributed by atoms with van der Waals surface area (Å²) >= 11 is 0. The minimum absolute atomic E-state index is 0.190. The highest BCUT2D eigenvalue weighted by atomic mass is 16.5. The van der Waals surface area contributed by atoms with Gasteiger partial charge in [0.25, 0.3) is 0 Å². The Balaban J connectivity index is 2.82. The lowest BCUT2D eigenvalue weighted by atomic mass is 9.78. The van der Waals surface area contributed by atoms with E-state index in [0.717, 1.165) is 0 Å². The van der Waals surface area contributed by atoms with E-state index >= 15 is 0 Å². The number of rotatable bonds is 3. The van der Waals surface area contributed by atoms with Crippen LogP contribution in [0, 0.1) is 16.7 Å². The van der Waals surface area contributed by atoms with Gasteiger partial charge in [-0.15, -0.1) is 0 Å². The smallest absolute Gasteiger partial charge is 0.319 e. The van der Waals surface area contributed by atoms with E-state index in [-0.39, 0.29) is 18.6 Å². The van der Waals surface area contributed by atoms with Gasteiger partial charge in [0.1, 0.15) is 11.2 Å². The molecule has 0 aliphatic carbocycles. The van der Waals surface area contributed by atoms with E-state index in [1.165, 1.54) is 6.92 Å².